The number of methoxy groups -OCH3 is 1. The Morgan fingerprint density at radius 3 is 2.42 bits per heavy atom. The van der Waals surface area contributed by atoms with Gasteiger partial charge in [0.2, 0.25) is 0 Å². The summed E-state index contributed by atoms with van der Waals surface area (Å²) in [5.74, 6) is 0.391. The second-order valence-electron chi connectivity index (χ2n) is 5.60. The lowest BCUT2D eigenvalue weighted by Crippen LogP contribution is -2.07. The largest absolute Gasteiger partial charge is 0.383 e. The predicted octanol–water partition coefficient (Wildman–Crippen LogP) is 4.33. The highest BCUT2D eigenvalue weighted by Gasteiger charge is 2.11. The Labute approximate surface area is 164 Å². The first-order valence-corrected chi connectivity index (χ1v) is 9.84. The topological polar surface area (TPSA) is 57.0 Å². The Kier molecular flexibility index (Phi) is 6.60. The third-order valence-corrected chi connectivity index (χ3v) is 5.34. The number of nitrogens with zero attached hydrogens (tertiary/aromatic N) is 3. The van der Waals surface area contributed by atoms with E-state index in [2.05, 4.69) is 26.1 Å². The van der Waals surface area contributed by atoms with Gasteiger partial charge in [0.05, 0.1) is 12.4 Å². The third-order valence-electron chi connectivity index (χ3n) is 3.83. The van der Waals surface area contributed by atoms with Gasteiger partial charge in [-0.25, -0.2) is 0 Å². The Bertz CT molecular complexity index is 863. The Balaban J connectivity index is 1.62. The zero-order chi connectivity index (χ0) is 18.4. The minimum atomic E-state index is 0.0682. The summed E-state index contributed by atoms with van der Waals surface area (Å²) in [7, 11) is 1.65. The van der Waals surface area contributed by atoms with E-state index in [-0.39, 0.29) is 5.78 Å². The number of thioether (sulfide) groups is 1. The summed E-state index contributed by atoms with van der Waals surface area (Å²) in [5.41, 5.74) is 2.90. The molecule has 0 atom stereocenters. The predicted molar refractivity (Wildman–Crippen MR) is 107 cm³/mol. The molecule has 26 heavy (non-hydrogen) atoms. The van der Waals surface area contributed by atoms with Crippen molar-refractivity contribution in [2.45, 2.75) is 11.7 Å². The summed E-state index contributed by atoms with van der Waals surface area (Å²) >= 11 is 4.82. The van der Waals surface area contributed by atoms with Crippen molar-refractivity contribution in [3.8, 4) is 11.1 Å². The van der Waals surface area contributed by atoms with E-state index in [4.69, 9.17) is 4.74 Å². The van der Waals surface area contributed by atoms with Crippen LogP contribution in [0.25, 0.3) is 11.1 Å². The summed E-state index contributed by atoms with van der Waals surface area (Å²) in [6.07, 6.45) is 1.65. The Morgan fingerprint density at radius 2 is 1.77 bits per heavy atom. The summed E-state index contributed by atoms with van der Waals surface area (Å²) in [6, 6.07) is 15.8. The lowest BCUT2D eigenvalue weighted by Gasteiger charge is -2.06. The molecule has 0 aliphatic heterocycles. The summed E-state index contributed by atoms with van der Waals surface area (Å²) in [4.78, 5) is 12.4. The van der Waals surface area contributed by atoms with E-state index in [9.17, 15) is 4.79 Å². The van der Waals surface area contributed by atoms with E-state index in [1.165, 1.54) is 11.8 Å². The van der Waals surface area contributed by atoms with Crippen LogP contribution in [0.15, 0.2) is 64.5 Å². The van der Waals surface area contributed by atoms with Gasteiger partial charge in [0.25, 0.3) is 0 Å². The van der Waals surface area contributed by atoms with Crippen molar-refractivity contribution < 1.29 is 9.53 Å². The van der Waals surface area contributed by atoms with Crippen LogP contribution in [-0.4, -0.2) is 40.0 Å². The fraction of sp³-hybridized carbons (Fsp3) is 0.211. The quantitative estimate of drug-likeness (QED) is 0.392. The van der Waals surface area contributed by atoms with Gasteiger partial charge in [-0.3, -0.25) is 4.79 Å². The molecule has 0 aliphatic rings. The van der Waals surface area contributed by atoms with Crippen LogP contribution in [0.2, 0.25) is 0 Å². The van der Waals surface area contributed by atoms with E-state index in [1.54, 1.807) is 13.4 Å². The van der Waals surface area contributed by atoms with Gasteiger partial charge >= 0.3 is 0 Å². The molecule has 0 bridgehead atoms. The average molecular weight is 432 g/mol. The van der Waals surface area contributed by atoms with Gasteiger partial charge in [-0.15, -0.1) is 10.2 Å². The number of hydrogen-bond acceptors (Lipinski definition) is 5. The number of benzene rings is 2. The van der Waals surface area contributed by atoms with Gasteiger partial charge in [0.1, 0.15) is 6.33 Å². The number of halogens is 1. The standard InChI is InChI=1S/C19H18BrN3O2S/c1-25-11-10-23-13-21-22-19(23)26-12-18(24)16-4-2-14(3-5-16)15-6-8-17(20)9-7-15/h2-9,13H,10-12H2,1H3. The zero-order valence-corrected chi connectivity index (χ0v) is 16.7. The highest BCUT2D eigenvalue weighted by Crippen LogP contribution is 2.23. The molecule has 1 aromatic heterocycles. The van der Waals surface area contributed by atoms with Crippen LogP contribution >= 0.6 is 27.7 Å². The van der Waals surface area contributed by atoms with Crippen molar-refractivity contribution in [3.05, 3.63) is 64.9 Å². The molecule has 0 N–H and O–H groups in total. The third kappa shape index (κ3) is 4.81. The molecule has 0 radical (unpaired) electrons. The monoisotopic (exact) mass is 431 g/mol. The summed E-state index contributed by atoms with van der Waals surface area (Å²) < 4.78 is 8.00. The van der Waals surface area contributed by atoms with E-state index < -0.39 is 0 Å². The average Bonchev–Trinajstić information content (AvgIpc) is 3.12. The van der Waals surface area contributed by atoms with Gasteiger partial charge in [-0.2, -0.15) is 0 Å². The molecule has 7 heteroatoms. The summed E-state index contributed by atoms with van der Waals surface area (Å²) in [6.45, 7) is 1.25. The molecule has 0 fully saturated rings. The van der Waals surface area contributed by atoms with E-state index >= 15 is 0 Å². The molecule has 1 heterocycles. The second kappa shape index (κ2) is 9.12. The van der Waals surface area contributed by atoms with Crippen LogP contribution in [0, 0.1) is 0 Å². The number of carbonyl (C=O) groups excluding carboxylic acids is 1. The van der Waals surface area contributed by atoms with Gasteiger partial charge in [0, 0.05) is 23.7 Å². The number of Topliss-reactive ketones (excluding diaryl/α,β-unsaturated/α-hetero) is 1. The molecule has 0 unspecified atom stereocenters. The maximum Gasteiger partial charge on any atom is 0.191 e. The first-order valence-electron chi connectivity index (χ1n) is 8.06. The van der Waals surface area contributed by atoms with Crippen LogP contribution in [0.3, 0.4) is 0 Å². The van der Waals surface area contributed by atoms with Crippen LogP contribution in [-0.2, 0) is 11.3 Å². The zero-order valence-electron chi connectivity index (χ0n) is 14.3. The molecule has 0 saturated heterocycles. The minimum Gasteiger partial charge on any atom is -0.383 e. The van der Waals surface area contributed by atoms with Crippen LogP contribution in [0.1, 0.15) is 10.4 Å². The molecular weight excluding hydrogens is 414 g/mol. The molecular formula is C19H18BrN3O2S. The van der Waals surface area contributed by atoms with Gasteiger partial charge in [-0.1, -0.05) is 64.1 Å². The fourth-order valence-corrected chi connectivity index (χ4v) is 3.50. The van der Waals surface area contributed by atoms with Gasteiger partial charge < -0.3 is 9.30 Å². The lowest BCUT2D eigenvalue weighted by molar-refractivity contribution is 0.102. The number of ether oxygens (including phenoxy) is 1. The number of aromatic nitrogens is 3. The van der Waals surface area contributed by atoms with Crippen LogP contribution in [0.5, 0.6) is 0 Å². The van der Waals surface area contributed by atoms with Crippen molar-refractivity contribution in [2.24, 2.45) is 0 Å². The molecule has 0 saturated carbocycles. The molecule has 0 spiro atoms. The van der Waals surface area contributed by atoms with Crippen molar-refractivity contribution in [1.29, 1.82) is 0 Å². The van der Waals surface area contributed by atoms with Crippen LogP contribution < -0.4 is 0 Å². The van der Waals surface area contributed by atoms with E-state index in [0.29, 0.717) is 24.5 Å². The minimum absolute atomic E-state index is 0.0682. The molecule has 0 aliphatic carbocycles. The number of ketones is 1. The SMILES string of the molecule is COCCn1cnnc1SCC(=O)c1ccc(-c2ccc(Br)cc2)cc1. The van der Waals surface area contributed by atoms with E-state index in [1.807, 2.05) is 53.1 Å². The molecule has 2 aromatic carbocycles. The number of hydrogen-bond donors (Lipinski definition) is 0. The van der Waals surface area contributed by atoms with Crippen molar-refractivity contribution in [3.63, 3.8) is 0 Å². The van der Waals surface area contributed by atoms with Gasteiger partial charge in [-0.05, 0) is 23.3 Å². The molecule has 5 nitrogen and oxygen atoms in total. The van der Waals surface area contributed by atoms with Crippen molar-refractivity contribution >= 4 is 33.5 Å². The molecule has 134 valence electrons. The molecule has 3 rings (SSSR count). The molecule has 3 aromatic rings. The Hall–Kier alpha value is -1.96. The normalized spacial score (nSPS) is 10.8. The number of rotatable bonds is 8. The molecule has 0 amide bonds. The maximum absolute atomic E-state index is 12.4. The highest BCUT2D eigenvalue weighted by atomic mass is 79.9. The fourth-order valence-electron chi connectivity index (χ4n) is 2.40. The lowest BCUT2D eigenvalue weighted by atomic mass is 10.0. The number of carbonyl (C=O) groups is 1. The first-order chi connectivity index (χ1) is 12.7. The smallest absolute Gasteiger partial charge is 0.191 e. The van der Waals surface area contributed by atoms with Crippen molar-refractivity contribution in [1.82, 2.24) is 14.8 Å². The van der Waals surface area contributed by atoms with Crippen molar-refractivity contribution in [2.75, 3.05) is 19.5 Å². The van der Waals surface area contributed by atoms with E-state index in [0.717, 1.165) is 20.8 Å². The Morgan fingerprint density at radius 1 is 1.12 bits per heavy atom. The maximum atomic E-state index is 12.4. The second-order valence-corrected chi connectivity index (χ2v) is 7.45. The highest BCUT2D eigenvalue weighted by molar-refractivity contribution is 9.10. The van der Waals surface area contributed by atoms with Crippen LogP contribution in [0.4, 0.5) is 0 Å². The first kappa shape index (κ1) is 18.8. The van der Waals surface area contributed by atoms with Gasteiger partial charge in [0.15, 0.2) is 10.9 Å². The summed E-state index contributed by atoms with van der Waals surface area (Å²) in [5, 5.41) is 8.68.